The molecule has 5 heteroatoms. The summed E-state index contributed by atoms with van der Waals surface area (Å²) in [5.74, 6) is 0.450. The van der Waals surface area contributed by atoms with Gasteiger partial charge in [0.1, 0.15) is 0 Å². The number of hydrogen-bond donors (Lipinski definition) is 0. The number of halogens is 1. The quantitative estimate of drug-likeness (QED) is 0.354. The first-order valence-corrected chi connectivity index (χ1v) is 12.3. The maximum atomic E-state index is 12.9. The molecule has 2 aliphatic rings. The van der Waals surface area contributed by atoms with Gasteiger partial charge in [-0.1, -0.05) is 29.8 Å². The predicted octanol–water partition coefficient (Wildman–Crippen LogP) is 5.48. The highest BCUT2D eigenvalue weighted by atomic mass is 35.5. The van der Waals surface area contributed by atoms with Crippen LogP contribution in [0.15, 0.2) is 36.4 Å². The third kappa shape index (κ3) is 5.07. The van der Waals surface area contributed by atoms with E-state index in [1.165, 1.54) is 16.7 Å². The van der Waals surface area contributed by atoms with Gasteiger partial charge >= 0.3 is 0 Å². The van der Waals surface area contributed by atoms with Crippen molar-refractivity contribution in [2.24, 2.45) is 0 Å². The molecule has 4 rings (SSSR count). The average molecular weight is 453 g/mol. The van der Waals surface area contributed by atoms with Crippen LogP contribution in [0.1, 0.15) is 66.6 Å². The first-order valence-electron chi connectivity index (χ1n) is 11.9. The zero-order valence-corrected chi connectivity index (χ0v) is 20.0. The Morgan fingerprint density at radius 3 is 2.56 bits per heavy atom. The van der Waals surface area contributed by atoms with Gasteiger partial charge in [0, 0.05) is 42.6 Å². The van der Waals surface area contributed by atoms with Gasteiger partial charge < -0.3 is 9.80 Å². The van der Waals surface area contributed by atoms with Crippen LogP contribution < -0.4 is 4.90 Å². The number of carbonyl (C=O) groups is 2. The summed E-state index contributed by atoms with van der Waals surface area (Å²) in [6, 6.07) is 12.6. The Bertz CT molecular complexity index is 1000. The number of ketones is 1. The Hall–Kier alpha value is -2.17. The fraction of sp³-hybridized carbons (Fsp3) is 0.481. The number of benzene rings is 2. The molecule has 0 aliphatic carbocycles. The van der Waals surface area contributed by atoms with Gasteiger partial charge in [0.05, 0.1) is 5.69 Å². The SMILES string of the molecule is CC(C)N(CCCCC(=O)c1cc2c3c(c1)CCN3C(=O)CC2)CCc1ccccc1Cl. The lowest BCUT2D eigenvalue weighted by molar-refractivity contribution is -0.118. The van der Waals surface area contributed by atoms with Gasteiger partial charge in [-0.05, 0) is 87.4 Å². The number of anilines is 1. The topological polar surface area (TPSA) is 40.6 Å². The Balaban J connectivity index is 1.28. The number of unbranched alkanes of at least 4 members (excludes halogenated alkanes) is 1. The molecule has 2 heterocycles. The van der Waals surface area contributed by atoms with E-state index >= 15 is 0 Å². The first kappa shape index (κ1) is 23.0. The molecule has 0 spiro atoms. The summed E-state index contributed by atoms with van der Waals surface area (Å²) >= 11 is 6.31. The van der Waals surface area contributed by atoms with Crippen LogP contribution >= 0.6 is 11.6 Å². The molecule has 170 valence electrons. The van der Waals surface area contributed by atoms with Crippen LogP contribution in [-0.2, 0) is 24.1 Å². The van der Waals surface area contributed by atoms with Gasteiger partial charge in [0.2, 0.25) is 5.91 Å². The lowest BCUT2D eigenvalue weighted by Gasteiger charge is -2.26. The van der Waals surface area contributed by atoms with Crippen molar-refractivity contribution >= 4 is 29.0 Å². The highest BCUT2D eigenvalue weighted by molar-refractivity contribution is 6.31. The molecule has 0 radical (unpaired) electrons. The standard InChI is InChI=1S/C27H33ClN2O2/c1-19(2)29(15-12-20-7-3-4-8-24(20)28)14-6-5-9-25(31)23-17-21-10-11-26(32)30-16-13-22(18-23)27(21)30/h3-4,7-8,17-19H,5-6,9-16H2,1-2H3. The van der Waals surface area contributed by atoms with Gasteiger partial charge in [-0.2, -0.15) is 0 Å². The van der Waals surface area contributed by atoms with E-state index < -0.39 is 0 Å². The molecule has 2 aromatic carbocycles. The van der Waals surface area contributed by atoms with Crippen molar-refractivity contribution < 1.29 is 9.59 Å². The van der Waals surface area contributed by atoms with Gasteiger partial charge in [-0.15, -0.1) is 0 Å². The maximum Gasteiger partial charge on any atom is 0.227 e. The second-order valence-corrected chi connectivity index (χ2v) is 9.70. The molecule has 0 fully saturated rings. The van der Waals surface area contributed by atoms with E-state index in [0.717, 1.165) is 68.0 Å². The molecule has 4 nitrogen and oxygen atoms in total. The Labute approximate surface area is 196 Å². The number of aryl methyl sites for hydroxylation is 1. The summed E-state index contributed by atoms with van der Waals surface area (Å²) in [6.07, 6.45) is 5.60. The summed E-state index contributed by atoms with van der Waals surface area (Å²) in [5.41, 5.74) is 5.45. The fourth-order valence-corrected chi connectivity index (χ4v) is 5.19. The van der Waals surface area contributed by atoms with Crippen LogP contribution in [-0.4, -0.2) is 42.3 Å². The molecule has 0 unspecified atom stereocenters. The summed E-state index contributed by atoms with van der Waals surface area (Å²) < 4.78 is 0. The molecule has 32 heavy (non-hydrogen) atoms. The van der Waals surface area contributed by atoms with Crippen LogP contribution in [0.2, 0.25) is 5.02 Å². The van der Waals surface area contributed by atoms with E-state index in [-0.39, 0.29) is 11.7 Å². The molecular formula is C27H33ClN2O2. The van der Waals surface area contributed by atoms with E-state index in [0.29, 0.717) is 18.9 Å². The van der Waals surface area contributed by atoms with Crippen molar-refractivity contribution in [3.63, 3.8) is 0 Å². The van der Waals surface area contributed by atoms with Gasteiger partial charge in [-0.3, -0.25) is 9.59 Å². The van der Waals surface area contributed by atoms with Crippen LogP contribution in [0.5, 0.6) is 0 Å². The largest absolute Gasteiger partial charge is 0.312 e. The van der Waals surface area contributed by atoms with E-state index in [1.807, 2.05) is 35.2 Å². The number of rotatable bonds is 10. The molecule has 0 N–H and O–H groups in total. The molecule has 2 aliphatic heterocycles. The fourth-order valence-electron chi connectivity index (χ4n) is 4.96. The van der Waals surface area contributed by atoms with Crippen LogP contribution in [0.4, 0.5) is 5.69 Å². The number of amides is 1. The zero-order chi connectivity index (χ0) is 22.7. The van der Waals surface area contributed by atoms with E-state index in [4.69, 9.17) is 11.6 Å². The van der Waals surface area contributed by atoms with Crippen molar-refractivity contribution in [3.8, 4) is 0 Å². The Morgan fingerprint density at radius 2 is 1.81 bits per heavy atom. The monoisotopic (exact) mass is 452 g/mol. The number of hydrogen-bond acceptors (Lipinski definition) is 3. The number of Topliss-reactive ketones (excluding diaryl/α,β-unsaturated/α-hetero) is 1. The second kappa shape index (κ2) is 10.2. The lowest BCUT2D eigenvalue weighted by Crippen LogP contribution is -2.33. The summed E-state index contributed by atoms with van der Waals surface area (Å²) in [6.45, 7) is 7.17. The minimum atomic E-state index is 0.222. The van der Waals surface area contributed by atoms with Gasteiger partial charge in [0.15, 0.2) is 5.78 Å². The molecule has 0 saturated carbocycles. The third-order valence-electron chi connectivity index (χ3n) is 6.83. The second-order valence-electron chi connectivity index (χ2n) is 9.29. The van der Waals surface area contributed by atoms with E-state index in [1.54, 1.807) is 0 Å². The highest BCUT2D eigenvalue weighted by Gasteiger charge is 2.31. The molecule has 2 aromatic rings. The maximum absolute atomic E-state index is 12.9. The van der Waals surface area contributed by atoms with Gasteiger partial charge in [0.25, 0.3) is 0 Å². The predicted molar refractivity (Wildman–Crippen MR) is 131 cm³/mol. The number of carbonyl (C=O) groups excluding carboxylic acids is 2. The Kier molecular flexibility index (Phi) is 7.32. The average Bonchev–Trinajstić information content (AvgIpc) is 3.21. The van der Waals surface area contributed by atoms with Gasteiger partial charge in [-0.25, -0.2) is 0 Å². The molecule has 0 saturated heterocycles. The van der Waals surface area contributed by atoms with Crippen molar-refractivity contribution in [1.29, 1.82) is 0 Å². The van der Waals surface area contributed by atoms with Crippen molar-refractivity contribution in [1.82, 2.24) is 4.90 Å². The van der Waals surface area contributed by atoms with Crippen molar-refractivity contribution in [3.05, 3.63) is 63.7 Å². The lowest BCUT2D eigenvalue weighted by atomic mass is 9.94. The molecule has 0 bridgehead atoms. The normalized spacial score (nSPS) is 15.0. The Morgan fingerprint density at radius 1 is 1.06 bits per heavy atom. The number of nitrogens with zero attached hydrogens (tertiary/aromatic N) is 2. The summed E-state index contributed by atoms with van der Waals surface area (Å²) in [4.78, 5) is 29.4. The van der Waals surface area contributed by atoms with Crippen LogP contribution in [0, 0.1) is 0 Å². The van der Waals surface area contributed by atoms with Crippen molar-refractivity contribution in [2.45, 2.75) is 64.8 Å². The zero-order valence-electron chi connectivity index (χ0n) is 19.2. The van der Waals surface area contributed by atoms with Crippen LogP contribution in [0.3, 0.4) is 0 Å². The summed E-state index contributed by atoms with van der Waals surface area (Å²) in [7, 11) is 0. The smallest absolute Gasteiger partial charge is 0.227 e. The van der Waals surface area contributed by atoms with E-state index in [2.05, 4.69) is 24.8 Å². The van der Waals surface area contributed by atoms with E-state index in [9.17, 15) is 9.59 Å². The molecular weight excluding hydrogens is 420 g/mol. The minimum Gasteiger partial charge on any atom is -0.312 e. The first-order chi connectivity index (χ1) is 15.4. The highest BCUT2D eigenvalue weighted by Crippen LogP contribution is 2.37. The molecule has 1 amide bonds. The molecule has 0 atom stereocenters. The minimum absolute atomic E-state index is 0.222. The summed E-state index contributed by atoms with van der Waals surface area (Å²) in [5, 5.41) is 0.836. The molecule has 0 aromatic heterocycles. The third-order valence-corrected chi connectivity index (χ3v) is 7.20. The van der Waals surface area contributed by atoms with Crippen LogP contribution in [0.25, 0.3) is 0 Å². The van der Waals surface area contributed by atoms with Crippen molar-refractivity contribution in [2.75, 3.05) is 24.5 Å².